The van der Waals surface area contributed by atoms with Crippen LogP contribution in [0.25, 0.3) is 0 Å². The van der Waals surface area contributed by atoms with Gasteiger partial charge in [0.05, 0.1) is 0 Å². The van der Waals surface area contributed by atoms with Crippen molar-refractivity contribution in [3.63, 3.8) is 0 Å². The highest BCUT2D eigenvalue weighted by Crippen LogP contribution is 2.45. The average molecular weight is 497 g/mol. The molecule has 4 aromatic carbocycles. The summed E-state index contributed by atoms with van der Waals surface area (Å²) in [6.45, 7) is -0.0243. The molecule has 0 atom stereocenters. The molecule has 4 aromatic rings. The molecule has 0 saturated carbocycles. The number of amides is 3. The Morgan fingerprint density at radius 2 is 1.12 bits per heavy atom. The predicted molar refractivity (Wildman–Crippen MR) is 133 cm³/mol. The van der Waals surface area contributed by atoms with Crippen LogP contribution in [0.2, 0.25) is 0 Å². The van der Waals surface area contributed by atoms with Crippen molar-refractivity contribution in [1.82, 2.24) is 4.90 Å². The van der Waals surface area contributed by atoms with E-state index in [1.807, 2.05) is 115 Å². The van der Waals surface area contributed by atoms with Crippen LogP contribution in [-0.2, 0) is 10.3 Å². The van der Waals surface area contributed by atoms with Gasteiger partial charge in [-0.15, -0.1) is 0 Å². The monoisotopic (exact) mass is 496 g/mol. The zero-order valence-electron chi connectivity index (χ0n) is 17.8. The molecule has 0 aromatic heterocycles. The van der Waals surface area contributed by atoms with E-state index >= 15 is 0 Å². The number of rotatable bonds is 5. The second kappa shape index (κ2) is 8.68. The van der Waals surface area contributed by atoms with E-state index in [0.29, 0.717) is 5.69 Å². The summed E-state index contributed by atoms with van der Waals surface area (Å²) in [5.74, 6) is -0.253. The quantitative estimate of drug-likeness (QED) is 0.243. The Bertz CT molecular complexity index is 1200. The first-order chi connectivity index (χ1) is 16.1. The van der Waals surface area contributed by atoms with Gasteiger partial charge in [-0.3, -0.25) is 9.69 Å². The summed E-state index contributed by atoms with van der Waals surface area (Å²) in [5, 5.41) is 0. The molecule has 1 saturated heterocycles. The molecule has 1 aliphatic heterocycles. The first-order valence-corrected chi connectivity index (χ1v) is 11.5. The molecule has 1 aliphatic rings. The number of nitrogens with zero attached hydrogens (tertiary/aromatic N) is 2. The first kappa shape index (κ1) is 21.2. The van der Waals surface area contributed by atoms with Gasteiger partial charge in [0.15, 0.2) is 0 Å². The Morgan fingerprint density at radius 1 is 0.636 bits per heavy atom. The molecule has 0 radical (unpaired) electrons. The van der Waals surface area contributed by atoms with E-state index < -0.39 is 5.54 Å². The van der Waals surface area contributed by atoms with E-state index in [1.165, 1.54) is 9.80 Å². The second-order valence-corrected chi connectivity index (χ2v) is 8.80. The van der Waals surface area contributed by atoms with E-state index in [-0.39, 0.29) is 18.5 Å². The third-order valence-electron chi connectivity index (χ3n) is 5.99. The number of carbonyl (C=O) groups excluding carboxylic acids is 2. The van der Waals surface area contributed by atoms with Crippen LogP contribution in [0.1, 0.15) is 16.7 Å². The fourth-order valence-corrected chi connectivity index (χ4v) is 4.99. The molecule has 4 nitrogen and oxygen atoms in total. The molecule has 0 N–H and O–H groups in total. The molecule has 162 valence electrons. The number of hydrogen-bond donors (Lipinski definition) is 0. The van der Waals surface area contributed by atoms with E-state index in [4.69, 9.17) is 0 Å². The normalized spacial score (nSPS) is 14.1. The molecule has 1 heterocycles. The molecule has 0 spiro atoms. The number of benzene rings is 4. The van der Waals surface area contributed by atoms with Crippen molar-refractivity contribution in [3.05, 3.63) is 136 Å². The fourth-order valence-electron chi connectivity index (χ4n) is 4.60. The number of anilines is 1. The summed E-state index contributed by atoms with van der Waals surface area (Å²) in [7, 11) is 0. The number of imide groups is 1. The topological polar surface area (TPSA) is 40.6 Å². The molecular formula is C28H21BrN2O2. The summed E-state index contributed by atoms with van der Waals surface area (Å²) in [6.07, 6.45) is 0. The van der Waals surface area contributed by atoms with Crippen LogP contribution in [0.5, 0.6) is 0 Å². The molecule has 5 heteroatoms. The lowest BCUT2D eigenvalue weighted by Crippen LogP contribution is -2.52. The summed E-state index contributed by atoms with van der Waals surface area (Å²) in [4.78, 5) is 30.6. The highest BCUT2D eigenvalue weighted by atomic mass is 79.9. The number of hydrogen-bond acceptors (Lipinski definition) is 2. The Labute approximate surface area is 201 Å². The molecule has 1 fully saturated rings. The van der Waals surface area contributed by atoms with Crippen molar-refractivity contribution in [1.29, 1.82) is 0 Å². The van der Waals surface area contributed by atoms with Crippen molar-refractivity contribution in [2.75, 3.05) is 11.4 Å². The van der Waals surface area contributed by atoms with E-state index in [2.05, 4.69) is 15.9 Å². The van der Waals surface area contributed by atoms with Crippen molar-refractivity contribution in [3.8, 4) is 0 Å². The Hall–Kier alpha value is -3.70. The van der Waals surface area contributed by atoms with Gasteiger partial charge in [-0.25, -0.2) is 9.69 Å². The minimum atomic E-state index is -1.11. The van der Waals surface area contributed by atoms with E-state index in [1.54, 1.807) is 0 Å². The van der Waals surface area contributed by atoms with Crippen LogP contribution < -0.4 is 4.90 Å². The van der Waals surface area contributed by atoms with Gasteiger partial charge in [-0.05, 0) is 34.9 Å². The van der Waals surface area contributed by atoms with Crippen molar-refractivity contribution < 1.29 is 9.59 Å². The minimum absolute atomic E-state index is 0.0243. The van der Waals surface area contributed by atoms with Crippen LogP contribution >= 0.6 is 15.9 Å². The van der Waals surface area contributed by atoms with Gasteiger partial charge < -0.3 is 0 Å². The first-order valence-electron chi connectivity index (χ1n) is 10.7. The third-order valence-corrected chi connectivity index (χ3v) is 6.49. The lowest BCUT2D eigenvalue weighted by molar-refractivity contribution is -0.127. The van der Waals surface area contributed by atoms with Gasteiger partial charge in [0.1, 0.15) is 12.1 Å². The zero-order chi connectivity index (χ0) is 22.8. The number of carbonyl (C=O) groups is 2. The van der Waals surface area contributed by atoms with Gasteiger partial charge in [-0.1, -0.05) is 113 Å². The Kier molecular flexibility index (Phi) is 5.56. The van der Waals surface area contributed by atoms with Crippen LogP contribution in [0.3, 0.4) is 0 Å². The number of urea groups is 1. The third kappa shape index (κ3) is 3.55. The fraction of sp³-hybridized carbons (Fsp3) is 0.0714. The molecule has 33 heavy (non-hydrogen) atoms. The maximum Gasteiger partial charge on any atom is 0.333 e. The molecule has 0 unspecified atom stereocenters. The predicted octanol–water partition coefficient (Wildman–Crippen LogP) is 6.21. The van der Waals surface area contributed by atoms with Crippen LogP contribution in [0, 0.1) is 0 Å². The zero-order valence-corrected chi connectivity index (χ0v) is 19.4. The number of halogens is 1. The van der Waals surface area contributed by atoms with Crippen LogP contribution in [-0.4, -0.2) is 23.4 Å². The van der Waals surface area contributed by atoms with Gasteiger partial charge in [-0.2, -0.15) is 0 Å². The van der Waals surface area contributed by atoms with Crippen molar-refractivity contribution in [2.24, 2.45) is 0 Å². The van der Waals surface area contributed by atoms with Gasteiger partial charge in [0.25, 0.3) is 5.91 Å². The smallest absolute Gasteiger partial charge is 0.284 e. The van der Waals surface area contributed by atoms with Crippen molar-refractivity contribution in [2.45, 2.75) is 5.54 Å². The summed E-state index contributed by atoms with van der Waals surface area (Å²) in [6, 6.07) is 36.4. The lowest BCUT2D eigenvalue weighted by Gasteiger charge is -2.42. The standard InChI is InChI=1S/C28H21BrN2O2/c29-24-17-10-18-25(19-24)30-20-26(32)31(27(30)33)28(21-11-4-1-5-12-21,22-13-6-2-7-14-22)23-15-8-3-9-16-23/h1-19H,20H2. The van der Waals surface area contributed by atoms with Crippen LogP contribution in [0.4, 0.5) is 10.5 Å². The lowest BCUT2D eigenvalue weighted by atomic mass is 9.75. The summed E-state index contributed by atoms with van der Waals surface area (Å²) in [5.41, 5.74) is 2.10. The molecule has 3 amide bonds. The molecule has 0 bridgehead atoms. The maximum atomic E-state index is 14.0. The maximum absolute atomic E-state index is 14.0. The largest absolute Gasteiger partial charge is 0.333 e. The van der Waals surface area contributed by atoms with E-state index in [9.17, 15) is 9.59 Å². The highest BCUT2D eigenvalue weighted by Gasteiger charge is 2.53. The Balaban J connectivity index is 1.78. The summed E-state index contributed by atoms with van der Waals surface area (Å²) >= 11 is 3.47. The van der Waals surface area contributed by atoms with Gasteiger partial charge in [0, 0.05) is 10.2 Å². The van der Waals surface area contributed by atoms with Gasteiger partial charge in [0.2, 0.25) is 0 Å². The van der Waals surface area contributed by atoms with E-state index in [0.717, 1.165) is 21.2 Å². The SMILES string of the molecule is O=C1CN(c2cccc(Br)c2)C(=O)N1C(c1ccccc1)(c1ccccc1)c1ccccc1. The minimum Gasteiger partial charge on any atom is -0.284 e. The molecule has 0 aliphatic carbocycles. The molecule has 5 rings (SSSR count). The average Bonchev–Trinajstić information content (AvgIpc) is 3.16. The highest BCUT2D eigenvalue weighted by molar-refractivity contribution is 9.10. The second-order valence-electron chi connectivity index (χ2n) is 7.89. The van der Waals surface area contributed by atoms with Gasteiger partial charge >= 0.3 is 6.03 Å². The Morgan fingerprint density at radius 3 is 1.58 bits per heavy atom. The van der Waals surface area contributed by atoms with Crippen LogP contribution in [0.15, 0.2) is 120 Å². The summed E-state index contributed by atoms with van der Waals surface area (Å²) < 4.78 is 0.846. The molecular weight excluding hydrogens is 476 g/mol. The van der Waals surface area contributed by atoms with Crippen molar-refractivity contribution >= 4 is 33.6 Å².